The van der Waals surface area contributed by atoms with Crippen molar-refractivity contribution in [1.82, 2.24) is 9.55 Å². The van der Waals surface area contributed by atoms with E-state index in [1.807, 2.05) is 66.7 Å². The van der Waals surface area contributed by atoms with Crippen LogP contribution in [0.5, 0.6) is 5.75 Å². The number of nitrogens with zero attached hydrogens (tertiary/aromatic N) is 2. The van der Waals surface area contributed by atoms with E-state index in [0.717, 1.165) is 22.6 Å². The molecular weight excluding hydrogens is 368 g/mol. The Morgan fingerprint density at radius 2 is 1.64 bits per heavy atom. The summed E-state index contributed by atoms with van der Waals surface area (Å²) in [7, 11) is 1.64. The highest BCUT2D eigenvalue weighted by Gasteiger charge is 2.14. The number of hydrogen-bond donors (Lipinski definition) is 0. The first-order valence-electron chi connectivity index (χ1n) is 9.04. The van der Waals surface area contributed by atoms with Crippen molar-refractivity contribution < 1.29 is 4.74 Å². The molecule has 4 aromatic rings. The molecule has 0 bridgehead atoms. The molecule has 0 aliphatic rings. The third kappa shape index (κ3) is 3.80. The summed E-state index contributed by atoms with van der Waals surface area (Å²) in [4.78, 5) is 18.0. The van der Waals surface area contributed by atoms with Crippen LogP contribution >= 0.6 is 11.8 Å². The van der Waals surface area contributed by atoms with E-state index in [-0.39, 0.29) is 5.56 Å². The number of thioether (sulfide) groups is 1. The molecule has 0 saturated heterocycles. The minimum absolute atomic E-state index is 0.0351. The Balaban J connectivity index is 1.78. The molecule has 3 aromatic carbocycles. The summed E-state index contributed by atoms with van der Waals surface area (Å²) < 4.78 is 7.22. The first-order valence-corrected chi connectivity index (χ1v) is 10.0. The maximum Gasteiger partial charge on any atom is 0.262 e. The zero-order chi connectivity index (χ0) is 19.3. The van der Waals surface area contributed by atoms with Gasteiger partial charge in [-0.15, -0.1) is 0 Å². The van der Waals surface area contributed by atoms with E-state index >= 15 is 0 Å². The van der Waals surface area contributed by atoms with Crippen molar-refractivity contribution in [2.75, 3.05) is 7.11 Å². The van der Waals surface area contributed by atoms with Gasteiger partial charge in [0.2, 0.25) is 0 Å². The van der Waals surface area contributed by atoms with Crippen LogP contribution in [0, 0.1) is 0 Å². The number of benzene rings is 3. The molecule has 4 rings (SSSR count). The van der Waals surface area contributed by atoms with Crippen molar-refractivity contribution >= 4 is 22.7 Å². The molecule has 4 nitrogen and oxygen atoms in total. The summed E-state index contributed by atoms with van der Waals surface area (Å²) in [5.74, 6) is 1.51. The number of hydrogen-bond acceptors (Lipinski definition) is 4. The van der Waals surface area contributed by atoms with Gasteiger partial charge >= 0.3 is 0 Å². The van der Waals surface area contributed by atoms with E-state index in [4.69, 9.17) is 9.72 Å². The summed E-state index contributed by atoms with van der Waals surface area (Å²) >= 11 is 1.57. The molecule has 1 aromatic heterocycles. The number of para-hydroxylation sites is 2. The van der Waals surface area contributed by atoms with E-state index in [2.05, 4.69) is 12.1 Å². The lowest BCUT2D eigenvalue weighted by Gasteiger charge is -2.15. The maximum absolute atomic E-state index is 13.2. The Morgan fingerprint density at radius 1 is 0.929 bits per heavy atom. The molecule has 0 radical (unpaired) electrons. The van der Waals surface area contributed by atoms with Gasteiger partial charge in [-0.2, -0.15) is 0 Å². The van der Waals surface area contributed by atoms with Crippen LogP contribution in [0.25, 0.3) is 10.9 Å². The zero-order valence-electron chi connectivity index (χ0n) is 15.5. The van der Waals surface area contributed by atoms with Crippen molar-refractivity contribution in [2.45, 2.75) is 17.5 Å². The summed E-state index contributed by atoms with van der Waals surface area (Å²) in [6.45, 7) is 0.414. The third-order valence-electron chi connectivity index (χ3n) is 4.56. The predicted molar refractivity (Wildman–Crippen MR) is 114 cm³/mol. The van der Waals surface area contributed by atoms with Crippen LogP contribution < -0.4 is 10.3 Å². The molecule has 0 unspecified atom stereocenters. The highest BCUT2D eigenvalue weighted by atomic mass is 32.2. The lowest BCUT2D eigenvalue weighted by atomic mass is 10.2. The fourth-order valence-corrected chi connectivity index (χ4v) is 4.08. The third-order valence-corrected chi connectivity index (χ3v) is 5.61. The predicted octanol–water partition coefficient (Wildman–Crippen LogP) is 4.75. The van der Waals surface area contributed by atoms with Gasteiger partial charge < -0.3 is 4.74 Å². The van der Waals surface area contributed by atoms with Crippen LogP contribution in [-0.4, -0.2) is 16.7 Å². The van der Waals surface area contributed by atoms with Gasteiger partial charge in [0.1, 0.15) is 5.75 Å². The Morgan fingerprint density at radius 3 is 2.46 bits per heavy atom. The molecule has 1 heterocycles. The SMILES string of the molecule is COc1ccccc1Cn1c(SCc2ccccc2)nc2ccccc2c1=O. The van der Waals surface area contributed by atoms with Gasteiger partial charge in [-0.05, 0) is 23.8 Å². The summed E-state index contributed by atoms with van der Waals surface area (Å²) in [5.41, 5.74) is 2.83. The Kier molecular flexibility index (Phi) is 5.44. The standard InChI is InChI=1S/C23H20N2O2S/c1-27-21-14-8-5-11-18(21)15-25-22(26)19-12-6-7-13-20(19)24-23(25)28-16-17-9-3-2-4-10-17/h2-14H,15-16H2,1H3. The van der Waals surface area contributed by atoms with E-state index in [1.165, 1.54) is 5.56 Å². The van der Waals surface area contributed by atoms with Gasteiger partial charge in [0, 0.05) is 11.3 Å². The first-order chi connectivity index (χ1) is 13.8. The second-order valence-electron chi connectivity index (χ2n) is 6.39. The number of methoxy groups -OCH3 is 1. The Bertz CT molecular complexity index is 1160. The highest BCUT2D eigenvalue weighted by Crippen LogP contribution is 2.25. The topological polar surface area (TPSA) is 44.1 Å². The lowest BCUT2D eigenvalue weighted by Crippen LogP contribution is -2.24. The van der Waals surface area contributed by atoms with E-state index in [0.29, 0.717) is 17.1 Å². The smallest absolute Gasteiger partial charge is 0.262 e. The summed E-state index contributed by atoms with van der Waals surface area (Å²) in [6, 6.07) is 25.5. The molecule has 0 fully saturated rings. The van der Waals surface area contributed by atoms with Crippen molar-refractivity contribution in [3.05, 3.63) is 100 Å². The molecule has 0 amide bonds. The molecule has 140 valence electrons. The number of fused-ring (bicyclic) bond motifs is 1. The van der Waals surface area contributed by atoms with Gasteiger partial charge in [-0.1, -0.05) is 72.4 Å². The van der Waals surface area contributed by atoms with Crippen LogP contribution in [-0.2, 0) is 12.3 Å². The van der Waals surface area contributed by atoms with Crippen LogP contribution in [0.15, 0.2) is 88.8 Å². The highest BCUT2D eigenvalue weighted by molar-refractivity contribution is 7.98. The van der Waals surface area contributed by atoms with Gasteiger partial charge in [0.15, 0.2) is 5.16 Å². The van der Waals surface area contributed by atoms with Gasteiger partial charge in [-0.25, -0.2) is 4.98 Å². The average molecular weight is 388 g/mol. The molecule has 0 aliphatic heterocycles. The Labute approximate surface area is 167 Å². The molecule has 0 spiro atoms. The molecule has 0 aliphatic carbocycles. The Hall–Kier alpha value is -3.05. The number of ether oxygens (including phenoxy) is 1. The van der Waals surface area contributed by atoms with Crippen molar-refractivity contribution in [1.29, 1.82) is 0 Å². The van der Waals surface area contributed by atoms with Crippen molar-refractivity contribution in [2.24, 2.45) is 0 Å². The minimum Gasteiger partial charge on any atom is -0.496 e. The first kappa shape index (κ1) is 18.3. The van der Waals surface area contributed by atoms with E-state index < -0.39 is 0 Å². The second-order valence-corrected chi connectivity index (χ2v) is 7.33. The normalized spacial score (nSPS) is 10.9. The molecule has 5 heteroatoms. The van der Waals surface area contributed by atoms with Crippen LogP contribution in [0.4, 0.5) is 0 Å². The van der Waals surface area contributed by atoms with Gasteiger partial charge in [0.05, 0.1) is 24.6 Å². The van der Waals surface area contributed by atoms with Gasteiger partial charge in [-0.3, -0.25) is 9.36 Å². The largest absolute Gasteiger partial charge is 0.496 e. The fourth-order valence-electron chi connectivity index (χ4n) is 3.12. The lowest BCUT2D eigenvalue weighted by molar-refractivity contribution is 0.407. The van der Waals surface area contributed by atoms with Crippen molar-refractivity contribution in [3.8, 4) is 5.75 Å². The summed E-state index contributed by atoms with van der Waals surface area (Å²) in [6.07, 6.45) is 0. The van der Waals surface area contributed by atoms with Crippen LogP contribution in [0.2, 0.25) is 0 Å². The maximum atomic E-state index is 13.2. The zero-order valence-corrected chi connectivity index (χ0v) is 16.4. The average Bonchev–Trinajstić information content (AvgIpc) is 2.75. The molecular formula is C23H20N2O2S. The summed E-state index contributed by atoms with van der Waals surface area (Å²) in [5, 5.41) is 1.33. The molecule has 0 saturated carbocycles. The molecule has 0 N–H and O–H groups in total. The molecule has 28 heavy (non-hydrogen) atoms. The second kappa shape index (κ2) is 8.31. The van der Waals surface area contributed by atoms with Crippen molar-refractivity contribution in [3.63, 3.8) is 0 Å². The number of rotatable bonds is 6. The molecule has 0 atom stereocenters. The van der Waals surface area contributed by atoms with Crippen LogP contribution in [0.3, 0.4) is 0 Å². The monoisotopic (exact) mass is 388 g/mol. The van der Waals surface area contributed by atoms with E-state index in [1.54, 1.807) is 23.4 Å². The van der Waals surface area contributed by atoms with Crippen LogP contribution in [0.1, 0.15) is 11.1 Å². The fraction of sp³-hybridized carbons (Fsp3) is 0.130. The van der Waals surface area contributed by atoms with Gasteiger partial charge in [0.25, 0.3) is 5.56 Å². The number of aromatic nitrogens is 2. The minimum atomic E-state index is -0.0351. The van der Waals surface area contributed by atoms with E-state index in [9.17, 15) is 4.79 Å². The quantitative estimate of drug-likeness (QED) is 0.353.